The van der Waals surface area contributed by atoms with Crippen LogP contribution in [0, 0.1) is 10.1 Å². The fourth-order valence-corrected chi connectivity index (χ4v) is 13.6. The first kappa shape index (κ1) is 60.5. The van der Waals surface area contributed by atoms with Gasteiger partial charge in [0, 0.05) is 132 Å². The second kappa shape index (κ2) is 26.7. The summed E-state index contributed by atoms with van der Waals surface area (Å²) < 4.78 is 25.4. The average Bonchev–Trinajstić information content (AvgIpc) is 0.919. The van der Waals surface area contributed by atoms with Crippen molar-refractivity contribution >= 4 is 77.9 Å². The van der Waals surface area contributed by atoms with Gasteiger partial charge in [0.25, 0.3) is 5.69 Å². The number of benzene rings is 8. The van der Waals surface area contributed by atoms with E-state index >= 15 is 0 Å². The summed E-state index contributed by atoms with van der Waals surface area (Å²) in [5, 5.41) is 25.9. The van der Waals surface area contributed by atoms with Crippen LogP contribution in [0.2, 0.25) is 0 Å². The number of nitro groups is 1. The van der Waals surface area contributed by atoms with Gasteiger partial charge in [-0.3, -0.25) is 38.6 Å². The predicted octanol–water partition coefficient (Wildman–Crippen LogP) is 9.68. The smallest absolute Gasteiger partial charge is 0.284 e. The van der Waals surface area contributed by atoms with Gasteiger partial charge in [-0.2, -0.15) is 9.97 Å². The van der Waals surface area contributed by atoms with Crippen molar-refractivity contribution in [3.05, 3.63) is 228 Å². The maximum absolute atomic E-state index is 13.5. The van der Waals surface area contributed by atoms with E-state index < -0.39 is 0 Å². The molecule has 2 atom stereocenters. The Balaban J connectivity index is 0.000000158. The first-order chi connectivity index (χ1) is 47.1. The van der Waals surface area contributed by atoms with Gasteiger partial charge in [-0.25, -0.2) is 19.9 Å². The molecule has 2 unspecified atom stereocenters. The maximum Gasteiger partial charge on any atom is 0.284 e. The van der Waals surface area contributed by atoms with Crippen molar-refractivity contribution < 1.29 is 33.5 Å². The molecule has 0 bridgehead atoms. The molecule has 4 N–H and O–H groups in total. The van der Waals surface area contributed by atoms with Gasteiger partial charge in [0.15, 0.2) is 23.0 Å². The zero-order chi connectivity index (χ0) is 65.1. The summed E-state index contributed by atoms with van der Waals surface area (Å²) in [6.45, 7) is 6.50. The van der Waals surface area contributed by atoms with E-state index in [9.17, 15) is 19.7 Å². The second-order valence-electron chi connectivity index (χ2n) is 24.0. The minimum absolute atomic E-state index is 0.0354. The van der Waals surface area contributed by atoms with Crippen LogP contribution >= 0.6 is 0 Å². The van der Waals surface area contributed by atoms with Crippen LogP contribution in [0.3, 0.4) is 0 Å². The summed E-state index contributed by atoms with van der Waals surface area (Å²) >= 11 is 0. The molecule has 16 rings (SSSR count). The van der Waals surface area contributed by atoms with Crippen LogP contribution in [0.25, 0.3) is 55.0 Å². The van der Waals surface area contributed by atoms with Crippen LogP contribution < -0.4 is 45.1 Å². The fourth-order valence-electron chi connectivity index (χ4n) is 13.6. The quantitative estimate of drug-likeness (QED) is 0.0331. The number of imidazole rings is 2. The SMILES string of the molecule is Nc1c2ccccc2c(CN2CCN(c3ccnc(-n4ccnc4)n3)C(CC(=O)NCc3ccc4c(c3)OCO4)C2)c2ccccc12.O=C(CC1CN(Cc2c3ccccc3c([N+](=O)[O-])c3ccccc23)CCN1c1ccnc(-n2ccnc2)n1)NCc1ccc2c(c1)OCO2. The fraction of sp³-hybridized carbons (Fsp3) is 0.222. The van der Waals surface area contributed by atoms with Crippen LogP contribution in [-0.4, -0.2) is 131 Å². The van der Waals surface area contributed by atoms with Gasteiger partial charge in [0.1, 0.15) is 24.3 Å². The molecule has 24 nitrogen and oxygen atoms in total. The maximum atomic E-state index is 13.5. The van der Waals surface area contributed by atoms with E-state index in [0.717, 1.165) is 85.2 Å². The zero-order valence-corrected chi connectivity index (χ0v) is 52.2. The second-order valence-corrected chi connectivity index (χ2v) is 24.0. The number of fused-ring (bicyclic) bond motifs is 6. The normalized spacial score (nSPS) is 16.0. The van der Waals surface area contributed by atoms with E-state index in [4.69, 9.17) is 34.6 Å². The highest BCUT2D eigenvalue weighted by atomic mass is 16.7. The lowest BCUT2D eigenvalue weighted by Crippen LogP contribution is -2.54. The van der Waals surface area contributed by atoms with Crippen molar-refractivity contribution in [2.24, 2.45) is 0 Å². The van der Waals surface area contributed by atoms with E-state index in [0.29, 0.717) is 98.7 Å². The molecule has 0 radical (unpaired) electrons. The molecule has 96 heavy (non-hydrogen) atoms. The lowest BCUT2D eigenvalue weighted by Gasteiger charge is -2.42. The van der Waals surface area contributed by atoms with Crippen LogP contribution in [-0.2, 0) is 35.8 Å². The van der Waals surface area contributed by atoms with E-state index in [1.807, 2.05) is 115 Å². The van der Waals surface area contributed by atoms with Gasteiger partial charge in [-0.05, 0) is 92.3 Å². The summed E-state index contributed by atoms with van der Waals surface area (Å²) in [5.74, 6) is 5.19. The number of nitrogens with zero attached hydrogens (tertiary/aromatic N) is 13. The van der Waals surface area contributed by atoms with Gasteiger partial charge in [-0.1, -0.05) is 97.1 Å². The molecule has 2 amide bonds. The van der Waals surface area contributed by atoms with Crippen molar-refractivity contribution in [1.29, 1.82) is 0 Å². The lowest BCUT2D eigenvalue weighted by atomic mass is 9.94. The number of nitrogens with two attached hydrogens (primary N) is 1. The molecule has 482 valence electrons. The third-order valence-corrected chi connectivity index (χ3v) is 18.2. The van der Waals surface area contributed by atoms with Gasteiger partial charge < -0.3 is 45.1 Å². The number of anilines is 3. The minimum atomic E-state index is -0.287. The number of hydrogen-bond acceptors (Lipinski definition) is 19. The van der Waals surface area contributed by atoms with Crippen LogP contribution in [0.4, 0.5) is 23.0 Å². The molecule has 8 heterocycles. The van der Waals surface area contributed by atoms with Crippen LogP contribution in [0.15, 0.2) is 195 Å². The third-order valence-electron chi connectivity index (χ3n) is 18.2. The van der Waals surface area contributed by atoms with E-state index in [1.165, 1.54) is 5.56 Å². The van der Waals surface area contributed by atoms with Crippen molar-refractivity contribution in [2.75, 3.05) is 68.4 Å². The summed E-state index contributed by atoms with van der Waals surface area (Å²) in [5.41, 5.74) is 11.7. The number of nitrogens with one attached hydrogen (secondary N) is 2. The number of amides is 2. The van der Waals surface area contributed by atoms with E-state index in [-0.39, 0.29) is 54.5 Å². The highest BCUT2D eigenvalue weighted by molar-refractivity contribution is 6.13. The Bertz CT molecular complexity index is 4770. The molecule has 0 aliphatic carbocycles. The van der Waals surface area contributed by atoms with Crippen LogP contribution in [0.1, 0.15) is 35.1 Å². The Morgan fingerprint density at radius 2 is 0.917 bits per heavy atom. The minimum Gasteiger partial charge on any atom is -0.454 e. The highest BCUT2D eigenvalue weighted by Gasteiger charge is 2.34. The van der Waals surface area contributed by atoms with Crippen molar-refractivity contribution in [2.45, 2.75) is 51.1 Å². The highest BCUT2D eigenvalue weighted by Crippen LogP contribution is 2.41. The Hall–Kier alpha value is -11.8. The van der Waals surface area contributed by atoms with Gasteiger partial charge in [0.05, 0.1) is 27.8 Å². The van der Waals surface area contributed by atoms with Gasteiger partial charge in [0.2, 0.25) is 37.3 Å². The number of nitro benzene ring substituents is 1. The molecular weight excluding hydrogens is 1220 g/mol. The number of carbonyl (C=O) groups is 2. The number of piperazine rings is 2. The Kier molecular flexibility index (Phi) is 16.8. The number of aromatic nitrogens is 8. The first-order valence-electron chi connectivity index (χ1n) is 31.8. The molecule has 0 spiro atoms. The lowest BCUT2D eigenvalue weighted by molar-refractivity contribution is -0.381. The van der Waals surface area contributed by atoms with E-state index in [1.54, 1.807) is 52.8 Å². The van der Waals surface area contributed by atoms with Crippen molar-refractivity contribution in [1.82, 2.24) is 59.5 Å². The monoisotopic (exact) mass is 1280 g/mol. The largest absolute Gasteiger partial charge is 0.454 e. The number of nitrogen functional groups attached to an aromatic ring is 1. The average molecular weight is 1280 g/mol. The molecule has 24 heteroatoms. The summed E-state index contributed by atoms with van der Waals surface area (Å²) in [4.78, 5) is 75.1. The molecule has 4 aliphatic rings. The van der Waals surface area contributed by atoms with Crippen molar-refractivity contribution in [3.63, 3.8) is 0 Å². The number of carbonyl (C=O) groups excluding carboxylic acids is 2. The number of ether oxygens (including phenoxy) is 4. The topological polar surface area (TPSA) is 264 Å². The predicted molar refractivity (Wildman–Crippen MR) is 363 cm³/mol. The molecule has 8 aromatic carbocycles. The summed E-state index contributed by atoms with van der Waals surface area (Å²) in [6.07, 6.45) is 14.3. The number of hydrogen-bond donors (Lipinski definition) is 3. The third kappa shape index (κ3) is 12.5. The molecular formula is C72H66N16O8. The van der Waals surface area contributed by atoms with Gasteiger partial charge in [-0.15, -0.1) is 0 Å². The Morgan fingerprint density at radius 3 is 1.33 bits per heavy atom. The Labute approximate surface area is 550 Å². The molecule has 4 aromatic heterocycles. The molecule has 2 saturated heterocycles. The number of rotatable bonds is 17. The zero-order valence-electron chi connectivity index (χ0n) is 52.2. The molecule has 12 aromatic rings. The summed E-state index contributed by atoms with van der Waals surface area (Å²) in [6, 6.07) is 46.6. The van der Waals surface area contributed by atoms with Crippen molar-refractivity contribution in [3.8, 4) is 34.9 Å². The molecule has 0 saturated carbocycles. The van der Waals surface area contributed by atoms with E-state index in [2.05, 4.69) is 86.6 Å². The summed E-state index contributed by atoms with van der Waals surface area (Å²) in [7, 11) is 0. The number of non-ortho nitro benzene ring substituents is 1. The Morgan fingerprint density at radius 1 is 0.510 bits per heavy atom. The standard InChI is InChI=1S/C36H32N8O5.C36H34N8O3/c45-34(39-19-24-9-10-31-32(17-24)49-23-48-31)18-25-20-41(15-16-43(25)33-11-12-38-36(40-33)42-14-13-37-22-42)21-30-26-5-1-3-7-28(26)35(44(46)47)29-8-4-2-6-27(29)30;37-35-28-7-3-1-5-26(28)30(27-6-2-4-8-29(27)35)21-42-15-16-44(33-11-12-39-36(41-33)43-14-13-38-22-43)25(20-42)18-34(45)40-19-24-9-10-31-32(17-24)47-23-46-31/h1-14,17,22,25H,15-16,18-21,23H2,(H,39,45);1-14,17,22,25H,15-16,18-21,23,37H2,(H,40,45). The van der Waals surface area contributed by atoms with Gasteiger partial charge >= 0.3 is 0 Å². The first-order valence-corrected chi connectivity index (χ1v) is 31.8. The molecule has 4 aliphatic heterocycles. The molecule has 2 fully saturated rings. The van der Waals surface area contributed by atoms with Crippen LogP contribution in [0.5, 0.6) is 23.0 Å².